The summed E-state index contributed by atoms with van der Waals surface area (Å²) in [6, 6.07) is 11.4. The van der Waals surface area contributed by atoms with Crippen LogP contribution in [0.2, 0.25) is 4.34 Å². The molecule has 2 unspecified atom stereocenters. The van der Waals surface area contributed by atoms with Crippen molar-refractivity contribution in [2.75, 3.05) is 7.11 Å². The highest BCUT2D eigenvalue weighted by molar-refractivity contribution is 7.16. The summed E-state index contributed by atoms with van der Waals surface area (Å²) in [6.07, 6.45) is 0.740. The number of rotatable bonds is 6. The van der Waals surface area contributed by atoms with E-state index in [-0.39, 0.29) is 18.1 Å². The molecule has 1 aromatic heterocycles. The fourth-order valence-corrected chi connectivity index (χ4v) is 3.36. The minimum absolute atomic E-state index is 0.0150. The van der Waals surface area contributed by atoms with E-state index in [1.807, 2.05) is 50.2 Å². The largest absolute Gasteiger partial charge is 0.497 e. The third kappa shape index (κ3) is 5.44. The summed E-state index contributed by atoms with van der Waals surface area (Å²) in [4.78, 5) is 13.1. The van der Waals surface area contributed by atoms with Gasteiger partial charge in [-0.15, -0.1) is 11.3 Å². The summed E-state index contributed by atoms with van der Waals surface area (Å²) in [5.41, 5.74) is 1.12. The van der Waals surface area contributed by atoms with Gasteiger partial charge in [0.1, 0.15) is 5.75 Å². The molecule has 0 aliphatic carbocycles. The number of urea groups is 1. The first-order chi connectivity index (χ1) is 11.0. The van der Waals surface area contributed by atoms with Crippen LogP contribution in [0.1, 0.15) is 30.3 Å². The SMILES string of the molecule is COc1cccc(CC(C)NC(=O)NC(C)c2ccc(Cl)s2)c1. The molecule has 0 saturated heterocycles. The number of amides is 2. The van der Waals surface area contributed by atoms with Crippen molar-refractivity contribution in [3.05, 3.63) is 51.2 Å². The summed E-state index contributed by atoms with van der Waals surface area (Å²) in [5.74, 6) is 0.822. The Kier molecular flexibility index (Phi) is 6.30. The second-order valence-corrected chi connectivity index (χ2v) is 7.18. The second kappa shape index (κ2) is 8.22. The van der Waals surface area contributed by atoms with Gasteiger partial charge in [0.15, 0.2) is 0 Å². The number of nitrogens with one attached hydrogen (secondary N) is 2. The van der Waals surface area contributed by atoms with E-state index in [4.69, 9.17) is 16.3 Å². The molecule has 23 heavy (non-hydrogen) atoms. The molecule has 4 nitrogen and oxygen atoms in total. The van der Waals surface area contributed by atoms with Gasteiger partial charge in [0.25, 0.3) is 0 Å². The van der Waals surface area contributed by atoms with Crippen LogP contribution in [-0.2, 0) is 6.42 Å². The Labute approximate surface area is 145 Å². The quantitative estimate of drug-likeness (QED) is 0.809. The molecule has 124 valence electrons. The molecule has 2 rings (SSSR count). The van der Waals surface area contributed by atoms with E-state index in [0.717, 1.165) is 26.9 Å². The number of carbonyl (C=O) groups is 1. The maximum absolute atomic E-state index is 12.1. The third-order valence-corrected chi connectivity index (χ3v) is 4.84. The normalized spacial score (nSPS) is 13.2. The van der Waals surface area contributed by atoms with Gasteiger partial charge in [-0.25, -0.2) is 4.79 Å². The molecule has 2 amide bonds. The Morgan fingerprint density at radius 2 is 2.04 bits per heavy atom. The van der Waals surface area contributed by atoms with E-state index in [1.54, 1.807) is 7.11 Å². The molecule has 0 spiro atoms. The van der Waals surface area contributed by atoms with Gasteiger partial charge in [-0.05, 0) is 50.1 Å². The number of benzene rings is 1. The molecule has 0 fully saturated rings. The highest BCUT2D eigenvalue weighted by atomic mass is 35.5. The molecule has 2 atom stereocenters. The predicted octanol–water partition coefficient (Wildman–Crippen LogP) is 4.40. The van der Waals surface area contributed by atoms with Gasteiger partial charge in [-0.1, -0.05) is 23.7 Å². The Balaban J connectivity index is 1.84. The lowest BCUT2D eigenvalue weighted by atomic mass is 10.1. The summed E-state index contributed by atoms with van der Waals surface area (Å²) >= 11 is 7.39. The van der Waals surface area contributed by atoms with Gasteiger partial charge in [0, 0.05) is 10.9 Å². The lowest BCUT2D eigenvalue weighted by Gasteiger charge is -2.18. The van der Waals surface area contributed by atoms with E-state index in [9.17, 15) is 4.79 Å². The average Bonchev–Trinajstić information content (AvgIpc) is 2.93. The van der Waals surface area contributed by atoms with Crippen molar-refractivity contribution < 1.29 is 9.53 Å². The average molecular weight is 353 g/mol. The monoisotopic (exact) mass is 352 g/mol. The van der Waals surface area contributed by atoms with Crippen LogP contribution in [0.5, 0.6) is 5.75 Å². The number of carbonyl (C=O) groups excluding carboxylic acids is 1. The van der Waals surface area contributed by atoms with Crippen LogP contribution >= 0.6 is 22.9 Å². The third-order valence-electron chi connectivity index (χ3n) is 3.42. The maximum atomic E-state index is 12.1. The molecule has 0 aliphatic heterocycles. The summed E-state index contributed by atoms with van der Waals surface area (Å²) in [6.45, 7) is 3.92. The van der Waals surface area contributed by atoms with Crippen LogP contribution in [0.3, 0.4) is 0 Å². The Morgan fingerprint density at radius 3 is 2.70 bits per heavy atom. The number of methoxy groups -OCH3 is 1. The van der Waals surface area contributed by atoms with Crippen LogP contribution in [0.25, 0.3) is 0 Å². The van der Waals surface area contributed by atoms with Gasteiger partial charge in [-0.3, -0.25) is 0 Å². The summed E-state index contributed by atoms with van der Waals surface area (Å²) in [5, 5.41) is 5.88. The zero-order valence-electron chi connectivity index (χ0n) is 13.4. The lowest BCUT2D eigenvalue weighted by Crippen LogP contribution is -2.42. The Hall–Kier alpha value is -1.72. The highest BCUT2D eigenvalue weighted by Crippen LogP contribution is 2.26. The van der Waals surface area contributed by atoms with Gasteiger partial charge in [0.2, 0.25) is 0 Å². The highest BCUT2D eigenvalue weighted by Gasteiger charge is 2.13. The number of hydrogen-bond acceptors (Lipinski definition) is 3. The number of hydrogen-bond donors (Lipinski definition) is 2. The molecule has 0 saturated carbocycles. The summed E-state index contributed by atoms with van der Waals surface area (Å²) in [7, 11) is 1.65. The van der Waals surface area contributed by atoms with Crippen LogP contribution in [0.4, 0.5) is 4.79 Å². The molecule has 0 radical (unpaired) electrons. The van der Waals surface area contributed by atoms with Gasteiger partial charge in [0.05, 0.1) is 17.5 Å². The van der Waals surface area contributed by atoms with Crippen molar-refractivity contribution in [2.45, 2.75) is 32.4 Å². The fraction of sp³-hybridized carbons (Fsp3) is 0.353. The maximum Gasteiger partial charge on any atom is 0.315 e. The first kappa shape index (κ1) is 17.6. The number of halogens is 1. The number of thiophene rings is 1. The van der Waals surface area contributed by atoms with Crippen molar-refractivity contribution in [3.8, 4) is 5.75 Å². The molecule has 1 aromatic carbocycles. The van der Waals surface area contributed by atoms with E-state index < -0.39 is 0 Å². The van der Waals surface area contributed by atoms with Gasteiger partial charge >= 0.3 is 6.03 Å². The predicted molar refractivity (Wildman–Crippen MR) is 95.6 cm³/mol. The van der Waals surface area contributed by atoms with E-state index in [0.29, 0.717) is 0 Å². The van der Waals surface area contributed by atoms with Crippen molar-refractivity contribution in [3.63, 3.8) is 0 Å². The smallest absolute Gasteiger partial charge is 0.315 e. The van der Waals surface area contributed by atoms with Crippen LogP contribution < -0.4 is 15.4 Å². The molecule has 0 bridgehead atoms. The van der Waals surface area contributed by atoms with Crippen LogP contribution in [0.15, 0.2) is 36.4 Å². The molecule has 0 aliphatic rings. The fourth-order valence-electron chi connectivity index (χ4n) is 2.30. The molecule has 6 heteroatoms. The van der Waals surface area contributed by atoms with Crippen molar-refractivity contribution in [1.82, 2.24) is 10.6 Å². The van der Waals surface area contributed by atoms with E-state index >= 15 is 0 Å². The Bertz CT molecular complexity index is 660. The minimum atomic E-state index is -0.183. The number of ether oxygens (including phenoxy) is 1. The minimum Gasteiger partial charge on any atom is -0.497 e. The van der Waals surface area contributed by atoms with Gasteiger partial charge < -0.3 is 15.4 Å². The summed E-state index contributed by atoms with van der Waals surface area (Å²) < 4.78 is 5.93. The Morgan fingerprint density at radius 1 is 1.26 bits per heavy atom. The zero-order valence-corrected chi connectivity index (χ0v) is 15.0. The van der Waals surface area contributed by atoms with E-state index in [2.05, 4.69) is 10.6 Å². The second-order valence-electron chi connectivity index (χ2n) is 5.44. The van der Waals surface area contributed by atoms with Gasteiger partial charge in [-0.2, -0.15) is 0 Å². The standard InChI is InChI=1S/C17H21ClN2O2S/c1-11(9-13-5-4-6-14(10-13)22-3)19-17(21)20-12(2)15-7-8-16(18)23-15/h4-8,10-12H,9H2,1-3H3,(H2,19,20,21). The van der Waals surface area contributed by atoms with Crippen molar-refractivity contribution in [1.29, 1.82) is 0 Å². The lowest BCUT2D eigenvalue weighted by molar-refractivity contribution is 0.235. The molecule has 2 N–H and O–H groups in total. The van der Waals surface area contributed by atoms with Crippen LogP contribution in [0, 0.1) is 0 Å². The van der Waals surface area contributed by atoms with Crippen molar-refractivity contribution >= 4 is 29.0 Å². The molecular weight excluding hydrogens is 332 g/mol. The first-order valence-corrected chi connectivity index (χ1v) is 8.62. The zero-order chi connectivity index (χ0) is 16.8. The molecule has 1 heterocycles. The first-order valence-electron chi connectivity index (χ1n) is 7.43. The topological polar surface area (TPSA) is 50.4 Å². The molecule has 2 aromatic rings. The van der Waals surface area contributed by atoms with Crippen LogP contribution in [-0.4, -0.2) is 19.2 Å². The van der Waals surface area contributed by atoms with Crippen molar-refractivity contribution in [2.24, 2.45) is 0 Å². The van der Waals surface area contributed by atoms with E-state index in [1.165, 1.54) is 11.3 Å². The molecular formula is C17H21ClN2O2S.